The second-order valence-corrected chi connectivity index (χ2v) is 9.23. The quantitative estimate of drug-likeness (QED) is 0.328. The number of hydrogen-bond acceptors (Lipinski definition) is 6. The lowest BCUT2D eigenvalue weighted by Crippen LogP contribution is -2.54. The summed E-state index contributed by atoms with van der Waals surface area (Å²) in [6.45, 7) is 7.25. The zero-order valence-corrected chi connectivity index (χ0v) is 19.5. The molecular formula is C24H36N4O4. The van der Waals surface area contributed by atoms with Gasteiger partial charge in [0.05, 0.1) is 18.8 Å². The first-order valence-electron chi connectivity index (χ1n) is 11.0. The number of β-amino-alcohol motifs (C(OH)–C–C–N with tert-alkyl or cyclic N) is 1. The molecule has 0 aliphatic carbocycles. The SMILES string of the molecule is C#Cc1ccc(CNC(=O)[C@@H]2C[C@@H](O)CN2C(=O)[C@@H](N)C(C)(C)C)c(OCCCNC)c1. The van der Waals surface area contributed by atoms with Gasteiger partial charge in [-0.2, -0.15) is 0 Å². The molecule has 2 amide bonds. The number of ether oxygens (including phenoxy) is 1. The molecule has 1 heterocycles. The fraction of sp³-hybridized carbons (Fsp3) is 0.583. The Morgan fingerprint density at radius 2 is 2.12 bits per heavy atom. The zero-order chi connectivity index (χ0) is 23.9. The molecular weight excluding hydrogens is 408 g/mol. The Labute approximate surface area is 190 Å². The molecule has 2 rings (SSSR count). The lowest BCUT2D eigenvalue weighted by molar-refractivity contribution is -0.141. The summed E-state index contributed by atoms with van der Waals surface area (Å²) in [5, 5.41) is 16.1. The van der Waals surface area contributed by atoms with Gasteiger partial charge < -0.3 is 31.1 Å². The number of rotatable bonds is 9. The van der Waals surface area contributed by atoms with Gasteiger partial charge in [-0.1, -0.05) is 32.8 Å². The number of aliphatic hydroxyl groups is 1. The number of benzene rings is 1. The molecule has 1 aromatic carbocycles. The van der Waals surface area contributed by atoms with E-state index in [9.17, 15) is 14.7 Å². The van der Waals surface area contributed by atoms with Crippen LogP contribution in [0, 0.1) is 17.8 Å². The van der Waals surface area contributed by atoms with Gasteiger partial charge in [0.2, 0.25) is 11.8 Å². The fourth-order valence-corrected chi connectivity index (χ4v) is 3.51. The average molecular weight is 445 g/mol. The van der Waals surface area contributed by atoms with Gasteiger partial charge in [0.1, 0.15) is 11.8 Å². The molecule has 0 radical (unpaired) electrons. The van der Waals surface area contributed by atoms with Crippen molar-refractivity contribution in [2.45, 2.75) is 58.3 Å². The van der Waals surface area contributed by atoms with Crippen molar-refractivity contribution >= 4 is 11.8 Å². The molecule has 0 spiro atoms. The van der Waals surface area contributed by atoms with E-state index in [0.717, 1.165) is 18.5 Å². The van der Waals surface area contributed by atoms with E-state index in [1.807, 2.05) is 33.9 Å². The second kappa shape index (κ2) is 11.3. The zero-order valence-electron chi connectivity index (χ0n) is 19.5. The van der Waals surface area contributed by atoms with Crippen molar-refractivity contribution in [1.29, 1.82) is 0 Å². The number of amides is 2. The first-order chi connectivity index (χ1) is 15.1. The van der Waals surface area contributed by atoms with Gasteiger partial charge >= 0.3 is 0 Å². The number of nitrogens with zero attached hydrogens (tertiary/aromatic N) is 1. The number of aliphatic hydroxyl groups excluding tert-OH is 1. The smallest absolute Gasteiger partial charge is 0.243 e. The minimum absolute atomic E-state index is 0.0946. The van der Waals surface area contributed by atoms with E-state index < -0.39 is 23.6 Å². The van der Waals surface area contributed by atoms with Crippen molar-refractivity contribution in [3.05, 3.63) is 29.3 Å². The van der Waals surface area contributed by atoms with Crippen LogP contribution in [0.1, 0.15) is 44.7 Å². The summed E-state index contributed by atoms with van der Waals surface area (Å²) in [5.41, 5.74) is 7.14. The number of nitrogens with two attached hydrogens (primary N) is 1. The highest BCUT2D eigenvalue weighted by Gasteiger charge is 2.42. The summed E-state index contributed by atoms with van der Waals surface area (Å²) in [6.07, 6.45) is 5.75. The fourth-order valence-electron chi connectivity index (χ4n) is 3.51. The number of likely N-dealkylation sites (tertiary alicyclic amines) is 1. The van der Waals surface area contributed by atoms with Crippen LogP contribution in [0.2, 0.25) is 0 Å². The van der Waals surface area contributed by atoms with Gasteiger partial charge in [-0.15, -0.1) is 6.42 Å². The second-order valence-electron chi connectivity index (χ2n) is 9.23. The normalized spacial score (nSPS) is 19.3. The maximum Gasteiger partial charge on any atom is 0.243 e. The maximum atomic E-state index is 12.9. The summed E-state index contributed by atoms with van der Waals surface area (Å²) in [4.78, 5) is 27.2. The van der Waals surface area contributed by atoms with E-state index in [0.29, 0.717) is 17.9 Å². The van der Waals surface area contributed by atoms with Crippen LogP contribution in [0.5, 0.6) is 5.75 Å². The molecule has 1 aliphatic rings. The predicted molar refractivity (Wildman–Crippen MR) is 124 cm³/mol. The number of hydrogen-bond donors (Lipinski definition) is 4. The monoisotopic (exact) mass is 444 g/mol. The van der Waals surface area contributed by atoms with Crippen LogP contribution in [0.4, 0.5) is 0 Å². The molecule has 8 nitrogen and oxygen atoms in total. The summed E-state index contributed by atoms with van der Waals surface area (Å²) >= 11 is 0. The maximum absolute atomic E-state index is 12.9. The highest BCUT2D eigenvalue weighted by atomic mass is 16.5. The third-order valence-corrected chi connectivity index (χ3v) is 5.58. The third-order valence-electron chi connectivity index (χ3n) is 5.58. The van der Waals surface area contributed by atoms with E-state index in [1.54, 1.807) is 12.1 Å². The molecule has 1 saturated heterocycles. The van der Waals surface area contributed by atoms with Crippen LogP contribution in [0.15, 0.2) is 18.2 Å². The Bertz CT molecular complexity index is 843. The number of terminal acetylenes is 1. The molecule has 176 valence electrons. The lowest BCUT2D eigenvalue weighted by Gasteiger charge is -2.32. The van der Waals surface area contributed by atoms with Crippen molar-refractivity contribution < 1.29 is 19.4 Å². The van der Waals surface area contributed by atoms with Crippen molar-refractivity contribution in [1.82, 2.24) is 15.5 Å². The molecule has 1 aliphatic heterocycles. The Morgan fingerprint density at radius 3 is 2.75 bits per heavy atom. The van der Waals surface area contributed by atoms with Gasteiger partial charge in [-0.25, -0.2) is 0 Å². The molecule has 1 aromatic rings. The topological polar surface area (TPSA) is 117 Å². The molecule has 0 bridgehead atoms. The molecule has 0 saturated carbocycles. The Hall–Kier alpha value is -2.60. The number of nitrogens with one attached hydrogen (secondary N) is 2. The summed E-state index contributed by atoms with van der Waals surface area (Å²) in [7, 11) is 1.88. The number of carbonyl (C=O) groups is 2. The molecule has 3 atom stereocenters. The van der Waals surface area contributed by atoms with Crippen LogP contribution in [-0.2, 0) is 16.1 Å². The van der Waals surface area contributed by atoms with Crippen molar-refractivity contribution in [2.75, 3.05) is 26.7 Å². The van der Waals surface area contributed by atoms with Crippen LogP contribution in [0.25, 0.3) is 0 Å². The van der Waals surface area contributed by atoms with E-state index in [2.05, 4.69) is 16.6 Å². The van der Waals surface area contributed by atoms with Crippen molar-refractivity contribution in [2.24, 2.45) is 11.1 Å². The van der Waals surface area contributed by atoms with E-state index in [4.69, 9.17) is 16.9 Å². The molecule has 5 N–H and O–H groups in total. The van der Waals surface area contributed by atoms with E-state index in [1.165, 1.54) is 4.90 Å². The summed E-state index contributed by atoms with van der Waals surface area (Å²) in [6, 6.07) is 3.86. The molecule has 0 aromatic heterocycles. The first kappa shape index (κ1) is 25.7. The number of carbonyl (C=O) groups excluding carboxylic acids is 2. The Balaban J connectivity index is 2.08. The highest BCUT2D eigenvalue weighted by molar-refractivity contribution is 5.90. The van der Waals surface area contributed by atoms with Crippen LogP contribution in [-0.4, -0.2) is 66.8 Å². The van der Waals surface area contributed by atoms with E-state index in [-0.39, 0.29) is 31.3 Å². The van der Waals surface area contributed by atoms with Gasteiger partial charge in [0.15, 0.2) is 0 Å². The van der Waals surface area contributed by atoms with Gasteiger partial charge in [-0.3, -0.25) is 9.59 Å². The van der Waals surface area contributed by atoms with Crippen LogP contribution < -0.4 is 21.1 Å². The molecule has 1 fully saturated rings. The lowest BCUT2D eigenvalue weighted by atomic mass is 9.86. The Morgan fingerprint density at radius 1 is 1.41 bits per heavy atom. The Kier molecular flexibility index (Phi) is 9.08. The predicted octanol–water partition coefficient (Wildman–Crippen LogP) is 0.608. The van der Waals surface area contributed by atoms with Crippen LogP contribution >= 0.6 is 0 Å². The van der Waals surface area contributed by atoms with Gasteiger partial charge in [-0.05, 0) is 37.6 Å². The minimum atomic E-state index is -0.768. The van der Waals surface area contributed by atoms with Gasteiger partial charge in [0, 0.05) is 30.6 Å². The average Bonchev–Trinajstić information content (AvgIpc) is 3.15. The van der Waals surface area contributed by atoms with Crippen molar-refractivity contribution in [3.63, 3.8) is 0 Å². The molecule has 32 heavy (non-hydrogen) atoms. The summed E-state index contributed by atoms with van der Waals surface area (Å²) < 4.78 is 5.88. The first-order valence-corrected chi connectivity index (χ1v) is 11.0. The standard InChI is InChI=1S/C24H36N4O4/c1-6-16-8-9-17(20(12-16)32-11-7-10-26-5)14-27-22(30)19-13-18(29)15-28(19)23(31)21(25)24(2,3)4/h1,8-9,12,18-19,21,26,29H,7,10-11,13-15,25H2,2-5H3,(H,27,30)/t18-,19+,21-/m1/s1. The highest BCUT2D eigenvalue weighted by Crippen LogP contribution is 2.25. The minimum Gasteiger partial charge on any atom is -0.493 e. The van der Waals surface area contributed by atoms with Crippen LogP contribution in [0.3, 0.4) is 0 Å². The van der Waals surface area contributed by atoms with E-state index >= 15 is 0 Å². The molecule has 8 heteroatoms. The largest absolute Gasteiger partial charge is 0.493 e. The third kappa shape index (κ3) is 6.70. The molecule has 0 unspecified atom stereocenters. The summed E-state index contributed by atoms with van der Waals surface area (Å²) in [5.74, 6) is 2.54. The van der Waals surface area contributed by atoms with Gasteiger partial charge in [0.25, 0.3) is 0 Å². The van der Waals surface area contributed by atoms with Crippen molar-refractivity contribution in [3.8, 4) is 18.1 Å².